The number of para-hydroxylation sites is 1. The second-order valence-electron chi connectivity index (χ2n) is 7.16. The Kier molecular flexibility index (Phi) is 5.69. The molecule has 1 atom stereocenters. The van der Waals surface area contributed by atoms with Crippen LogP contribution in [0.4, 0.5) is 18.9 Å². The molecule has 1 aliphatic rings. The third-order valence-electron chi connectivity index (χ3n) is 5.00. The maximum absolute atomic E-state index is 13.2. The number of fused-ring (bicyclic) bond motifs is 1. The van der Waals surface area contributed by atoms with Crippen LogP contribution < -0.4 is 5.32 Å². The molecule has 1 fully saturated rings. The monoisotopic (exact) mass is 401 g/mol. The molecule has 4 nitrogen and oxygen atoms in total. The maximum Gasteiger partial charge on any atom is 0.433 e. The van der Waals surface area contributed by atoms with E-state index in [2.05, 4.69) is 27.3 Å². The minimum absolute atomic E-state index is 0.103. The van der Waals surface area contributed by atoms with E-state index >= 15 is 0 Å². The molecule has 1 unspecified atom stereocenters. The first-order valence-electron chi connectivity index (χ1n) is 9.58. The number of nitrogens with one attached hydrogen (secondary N) is 1. The summed E-state index contributed by atoms with van der Waals surface area (Å²) in [5.41, 5.74) is 1.08. The Labute approximate surface area is 167 Å². The van der Waals surface area contributed by atoms with E-state index in [1.165, 1.54) is 5.56 Å². The van der Waals surface area contributed by atoms with Crippen LogP contribution >= 0.6 is 0 Å². The fraction of sp³-hybridized carbons (Fsp3) is 0.318. The van der Waals surface area contributed by atoms with Crippen molar-refractivity contribution in [2.24, 2.45) is 0 Å². The first-order valence-corrected chi connectivity index (χ1v) is 9.58. The smallest absolute Gasteiger partial charge is 0.382 e. The molecule has 4 rings (SSSR count). The lowest BCUT2D eigenvalue weighted by Crippen LogP contribution is -2.44. The lowest BCUT2D eigenvalue weighted by atomic mass is 10.1. The zero-order chi connectivity index (χ0) is 20.3. The molecule has 0 bridgehead atoms. The topological polar surface area (TPSA) is 37.4 Å². The number of halogens is 3. The van der Waals surface area contributed by atoms with Crippen molar-refractivity contribution in [3.8, 4) is 0 Å². The van der Waals surface area contributed by atoms with Crippen molar-refractivity contribution in [1.29, 1.82) is 0 Å². The summed E-state index contributed by atoms with van der Waals surface area (Å²) < 4.78 is 45.5. The number of hydrogen-bond donors (Lipinski definition) is 1. The molecule has 0 aliphatic carbocycles. The highest BCUT2D eigenvalue weighted by atomic mass is 19.4. The lowest BCUT2D eigenvalue weighted by molar-refractivity contribution is -0.140. The largest absolute Gasteiger partial charge is 0.433 e. The summed E-state index contributed by atoms with van der Waals surface area (Å²) >= 11 is 0. The summed E-state index contributed by atoms with van der Waals surface area (Å²) in [6, 6.07) is 18.1. The number of anilines is 1. The molecule has 0 radical (unpaired) electrons. The van der Waals surface area contributed by atoms with E-state index in [9.17, 15) is 13.2 Å². The van der Waals surface area contributed by atoms with Gasteiger partial charge in [0, 0.05) is 37.3 Å². The third-order valence-corrected chi connectivity index (χ3v) is 5.00. The van der Waals surface area contributed by atoms with Crippen molar-refractivity contribution in [2.45, 2.75) is 18.8 Å². The molecule has 0 spiro atoms. The Bertz CT molecular complexity index is 962. The van der Waals surface area contributed by atoms with Crippen LogP contribution in [0.15, 0.2) is 60.7 Å². The fourth-order valence-corrected chi connectivity index (χ4v) is 3.58. The highest BCUT2D eigenvalue weighted by molar-refractivity contribution is 5.91. The van der Waals surface area contributed by atoms with Crippen molar-refractivity contribution in [1.82, 2.24) is 9.88 Å². The molecular formula is C22H22F3N3O. The van der Waals surface area contributed by atoms with Crippen LogP contribution in [-0.4, -0.2) is 42.2 Å². The van der Waals surface area contributed by atoms with Crippen LogP contribution in [0, 0.1) is 0 Å². The number of morpholine rings is 1. The molecular weight excluding hydrogens is 379 g/mol. The van der Waals surface area contributed by atoms with E-state index in [1.54, 1.807) is 24.3 Å². The van der Waals surface area contributed by atoms with Gasteiger partial charge in [0.2, 0.25) is 0 Å². The number of benzene rings is 2. The van der Waals surface area contributed by atoms with Gasteiger partial charge in [0.1, 0.15) is 5.69 Å². The zero-order valence-electron chi connectivity index (χ0n) is 15.8. The highest BCUT2D eigenvalue weighted by Gasteiger charge is 2.33. The Balaban J connectivity index is 1.46. The summed E-state index contributed by atoms with van der Waals surface area (Å²) in [7, 11) is 0. The molecule has 7 heteroatoms. The molecule has 152 valence electrons. The number of alkyl halides is 3. The number of pyridine rings is 1. The van der Waals surface area contributed by atoms with E-state index in [4.69, 9.17) is 4.74 Å². The van der Waals surface area contributed by atoms with Crippen molar-refractivity contribution in [3.05, 3.63) is 71.9 Å². The van der Waals surface area contributed by atoms with Crippen molar-refractivity contribution in [3.63, 3.8) is 0 Å². The Morgan fingerprint density at radius 1 is 1.07 bits per heavy atom. The van der Waals surface area contributed by atoms with Gasteiger partial charge < -0.3 is 10.1 Å². The molecule has 2 heterocycles. The van der Waals surface area contributed by atoms with Gasteiger partial charge in [-0.15, -0.1) is 0 Å². The predicted octanol–water partition coefficient (Wildman–Crippen LogP) is 4.57. The second kappa shape index (κ2) is 8.39. The number of rotatable bonds is 5. The summed E-state index contributed by atoms with van der Waals surface area (Å²) in [5, 5.41) is 3.83. The summed E-state index contributed by atoms with van der Waals surface area (Å²) in [6.45, 7) is 3.41. The van der Waals surface area contributed by atoms with Crippen molar-refractivity contribution in [2.75, 3.05) is 31.6 Å². The normalized spacial score (nSPS) is 18.1. The molecule has 1 N–H and O–H groups in total. The Morgan fingerprint density at radius 2 is 1.83 bits per heavy atom. The quantitative estimate of drug-likeness (QED) is 0.680. The van der Waals surface area contributed by atoms with Crippen LogP contribution in [0.5, 0.6) is 0 Å². The van der Waals surface area contributed by atoms with Gasteiger partial charge in [-0.2, -0.15) is 13.2 Å². The van der Waals surface area contributed by atoms with E-state index in [-0.39, 0.29) is 6.10 Å². The maximum atomic E-state index is 13.2. The van der Waals surface area contributed by atoms with Gasteiger partial charge in [-0.25, -0.2) is 4.98 Å². The van der Waals surface area contributed by atoms with E-state index < -0.39 is 11.9 Å². The van der Waals surface area contributed by atoms with Gasteiger partial charge in [0.25, 0.3) is 0 Å². The number of nitrogens with zero attached hydrogens (tertiary/aromatic N) is 2. The number of aromatic nitrogens is 1. The van der Waals surface area contributed by atoms with E-state index in [0.717, 1.165) is 25.7 Å². The SMILES string of the molecule is FC(F)(F)c1cc(NCC2CN(Cc3ccccc3)CCO2)c2ccccc2n1. The van der Waals surface area contributed by atoms with Crippen LogP contribution in [0.2, 0.25) is 0 Å². The van der Waals surface area contributed by atoms with Crippen molar-refractivity contribution < 1.29 is 17.9 Å². The summed E-state index contributed by atoms with van der Waals surface area (Å²) in [4.78, 5) is 6.06. The molecule has 1 aromatic heterocycles. The summed E-state index contributed by atoms with van der Waals surface area (Å²) in [6.07, 6.45) is -4.59. The molecule has 0 saturated carbocycles. The van der Waals surface area contributed by atoms with Gasteiger partial charge in [-0.1, -0.05) is 48.5 Å². The third kappa shape index (κ3) is 4.86. The van der Waals surface area contributed by atoms with Gasteiger partial charge in [0.15, 0.2) is 0 Å². The average molecular weight is 401 g/mol. The molecule has 2 aromatic carbocycles. The van der Waals surface area contributed by atoms with Crippen LogP contribution in [0.25, 0.3) is 10.9 Å². The highest BCUT2D eigenvalue weighted by Crippen LogP contribution is 2.33. The van der Waals surface area contributed by atoms with E-state index in [0.29, 0.717) is 29.7 Å². The molecule has 1 aliphatic heterocycles. The fourth-order valence-electron chi connectivity index (χ4n) is 3.58. The predicted molar refractivity (Wildman–Crippen MR) is 107 cm³/mol. The van der Waals surface area contributed by atoms with Gasteiger partial charge in [-0.3, -0.25) is 4.90 Å². The molecule has 29 heavy (non-hydrogen) atoms. The molecule has 0 amide bonds. The van der Waals surface area contributed by atoms with Crippen molar-refractivity contribution >= 4 is 16.6 Å². The van der Waals surface area contributed by atoms with Gasteiger partial charge >= 0.3 is 6.18 Å². The van der Waals surface area contributed by atoms with Crippen LogP contribution in [0.3, 0.4) is 0 Å². The zero-order valence-corrected chi connectivity index (χ0v) is 15.8. The molecule has 3 aromatic rings. The first-order chi connectivity index (χ1) is 14.0. The average Bonchev–Trinajstić information content (AvgIpc) is 2.72. The van der Waals surface area contributed by atoms with Crippen LogP contribution in [-0.2, 0) is 17.5 Å². The molecule has 1 saturated heterocycles. The number of hydrogen-bond acceptors (Lipinski definition) is 4. The lowest BCUT2D eigenvalue weighted by Gasteiger charge is -2.33. The Morgan fingerprint density at radius 3 is 2.62 bits per heavy atom. The number of ether oxygens (including phenoxy) is 1. The van der Waals surface area contributed by atoms with Gasteiger partial charge in [0.05, 0.1) is 18.2 Å². The summed E-state index contributed by atoms with van der Waals surface area (Å²) in [5.74, 6) is 0. The van der Waals surface area contributed by atoms with Gasteiger partial charge in [-0.05, 0) is 17.7 Å². The minimum Gasteiger partial charge on any atom is -0.382 e. The standard InChI is InChI=1S/C22H22F3N3O/c23-22(24,25)21-12-20(18-8-4-5-9-19(18)27-21)26-13-17-15-28(10-11-29-17)14-16-6-2-1-3-7-16/h1-9,12,17H,10-11,13-15H2,(H,26,27). The first kappa shape index (κ1) is 19.7. The minimum atomic E-state index is -4.49. The van der Waals surface area contributed by atoms with Crippen LogP contribution in [0.1, 0.15) is 11.3 Å². The Hall–Kier alpha value is -2.64. The second-order valence-corrected chi connectivity index (χ2v) is 7.16. The van der Waals surface area contributed by atoms with E-state index in [1.807, 2.05) is 18.2 Å².